The van der Waals surface area contributed by atoms with Gasteiger partial charge in [0.15, 0.2) is 0 Å². The summed E-state index contributed by atoms with van der Waals surface area (Å²) in [7, 11) is 0. The van der Waals surface area contributed by atoms with E-state index in [1.807, 2.05) is 0 Å². The lowest BCUT2D eigenvalue weighted by Crippen LogP contribution is -2.10. The van der Waals surface area contributed by atoms with Crippen LogP contribution in [0.4, 0.5) is 11.4 Å². The van der Waals surface area contributed by atoms with Crippen LogP contribution in [0.5, 0.6) is 0 Å². The van der Waals surface area contributed by atoms with Gasteiger partial charge in [-0.25, -0.2) is 0 Å². The first-order chi connectivity index (χ1) is 22.3. The smallest absolute Gasteiger partial charge is 0.0722 e. The highest BCUT2D eigenvalue weighted by Crippen LogP contribution is 2.46. The van der Waals surface area contributed by atoms with Crippen molar-refractivity contribution in [3.63, 3.8) is 0 Å². The first-order valence-corrected chi connectivity index (χ1v) is 15.5. The molecule has 0 bridgehead atoms. The van der Waals surface area contributed by atoms with Gasteiger partial charge in [0.1, 0.15) is 5.69 Å². The summed E-state index contributed by atoms with van der Waals surface area (Å²) in [6.07, 6.45) is 0. The lowest BCUT2D eigenvalue weighted by Gasteiger charge is -2.18. The molecule has 9 rings (SSSR count). The second-order valence-electron chi connectivity index (χ2n) is 11.8. The zero-order chi connectivity index (χ0) is 29.7. The van der Waals surface area contributed by atoms with Crippen LogP contribution in [0.25, 0.3) is 54.6 Å². The third-order valence-corrected chi connectivity index (χ3v) is 9.20. The van der Waals surface area contributed by atoms with Crippen molar-refractivity contribution in [3.8, 4) is 22.3 Å². The minimum Gasteiger partial charge on any atom is -0.0722 e. The van der Waals surface area contributed by atoms with E-state index in [4.69, 9.17) is 5.11 Å². The highest BCUT2D eigenvalue weighted by atomic mass is 15.3. The highest BCUT2D eigenvalue weighted by molar-refractivity contribution is 6.21. The van der Waals surface area contributed by atoms with Crippen molar-refractivity contribution < 1.29 is 4.70 Å². The Morgan fingerprint density at radius 3 is 1.64 bits per heavy atom. The van der Waals surface area contributed by atoms with Crippen molar-refractivity contribution in [3.05, 3.63) is 181 Å². The fraction of sp³-hybridized carbons (Fsp3) is 0.0233. The number of fused-ring (bicyclic) bond motifs is 4. The van der Waals surface area contributed by atoms with Crippen LogP contribution in [-0.2, 0) is 0 Å². The number of rotatable bonds is 4. The molecule has 45 heavy (non-hydrogen) atoms. The lowest BCUT2D eigenvalue weighted by atomic mass is 9.85. The molecule has 0 radical (unpaired) electrons. The summed E-state index contributed by atoms with van der Waals surface area (Å²) < 4.78 is 2.17. The SMILES string of the molecule is c1ccc(C2c3ccccc3N=[N+]2c2ccc(-c3c4ccccc4c(-c4ccc5ccccc5c4)c4ccccc34)cc2)cc1. The van der Waals surface area contributed by atoms with E-state index in [1.165, 1.54) is 65.7 Å². The largest absolute Gasteiger partial charge is 0.237 e. The van der Waals surface area contributed by atoms with Crippen LogP contribution in [0, 0.1) is 0 Å². The van der Waals surface area contributed by atoms with Gasteiger partial charge in [-0.1, -0.05) is 132 Å². The van der Waals surface area contributed by atoms with Crippen molar-refractivity contribution >= 4 is 43.7 Å². The second kappa shape index (κ2) is 10.4. The fourth-order valence-electron chi connectivity index (χ4n) is 7.15. The number of hydrogen-bond acceptors (Lipinski definition) is 1. The normalized spacial score (nSPS) is 14.1. The van der Waals surface area contributed by atoms with E-state index >= 15 is 0 Å². The molecule has 1 aliphatic heterocycles. The molecular formula is C43H29N2+. The van der Waals surface area contributed by atoms with E-state index < -0.39 is 0 Å². The number of nitrogens with zero attached hydrogens (tertiary/aromatic N) is 2. The van der Waals surface area contributed by atoms with Gasteiger partial charge in [0.25, 0.3) is 0 Å². The Kier molecular flexibility index (Phi) is 5.92. The first kappa shape index (κ1) is 25.6. The van der Waals surface area contributed by atoms with Crippen LogP contribution < -0.4 is 0 Å². The van der Waals surface area contributed by atoms with Gasteiger partial charge in [-0.3, -0.25) is 0 Å². The van der Waals surface area contributed by atoms with E-state index in [0.29, 0.717) is 0 Å². The summed E-state index contributed by atoms with van der Waals surface area (Å²) in [4.78, 5) is 0. The third-order valence-electron chi connectivity index (χ3n) is 9.20. The van der Waals surface area contributed by atoms with Gasteiger partial charge in [0, 0.05) is 22.8 Å². The van der Waals surface area contributed by atoms with Crippen LogP contribution in [0.2, 0.25) is 0 Å². The molecule has 0 N–H and O–H groups in total. The van der Waals surface area contributed by atoms with Crippen molar-refractivity contribution in [1.29, 1.82) is 0 Å². The minimum atomic E-state index is 0.0381. The Morgan fingerprint density at radius 1 is 0.422 bits per heavy atom. The van der Waals surface area contributed by atoms with Gasteiger partial charge in [0.2, 0.25) is 11.7 Å². The van der Waals surface area contributed by atoms with E-state index in [1.54, 1.807) is 0 Å². The van der Waals surface area contributed by atoms with Crippen LogP contribution in [0.1, 0.15) is 17.2 Å². The molecule has 1 unspecified atom stereocenters. The van der Waals surface area contributed by atoms with Crippen molar-refractivity contribution in [2.75, 3.05) is 0 Å². The van der Waals surface area contributed by atoms with Gasteiger partial charge in [-0.2, -0.15) is 0 Å². The summed E-state index contributed by atoms with van der Waals surface area (Å²) in [6, 6.07) is 61.3. The number of hydrogen-bond donors (Lipinski definition) is 0. The predicted octanol–water partition coefficient (Wildman–Crippen LogP) is 12.0. The maximum Gasteiger partial charge on any atom is 0.237 e. The third kappa shape index (κ3) is 4.18. The number of benzene rings is 8. The molecule has 1 aliphatic rings. The van der Waals surface area contributed by atoms with E-state index in [-0.39, 0.29) is 6.04 Å². The number of azo groups is 2. The molecule has 0 aromatic heterocycles. The first-order valence-electron chi connectivity index (χ1n) is 15.5. The second-order valence-corrected chi connectivity index (χ2v) is 11.8. The monoisotopic (exact) mass is 573 g/mol. The molecule has 8 aromatic carbocycles. The Bertz CT molecular complexity index is 2360. The van der Waals surface area contributed by atoms with Crippen LogP contribution in [-0.4, -0.2) is 4.70 Å². The molecule has 0 fully saturated rings. The lowest BCUT2D eigenvalue weighted by molar-refractivity contribution is -0.536. The Hall–Kier alpha value is -5.86. The van der Waals surface area contributed by atoms with Crippen LogP contribution in [0.15, 0.2) is 175 Å². The summed E-state index contributed by atoms with van der Waals surface area (Å²) in [5.74, 6) is 0. The van der Waals surface area contributed by atoms with Gasteiger partial charge in [0.05, 0.1) is 5.56 Å². The molecule has 2 nitrogen and oxygen atoms in total. The molecule has 0 amide bonds. The maximum atomic E-state index is 5.08. The van der Waals surface area contributed by atoms with Gasteiger partial charge >= 0.3 is 0 Å². The molecule has 210 valence electrons. The van der Waals surface area contributed by atoms with Crippen LogP contribution in [0.3, 0.4) is 0 Å². The van der Waals surface area contributed by atoms with Gasteiger partial charge < -0.3 is 0 Å². The highest BCUT2D eigenvalue weighted by Gasteiger charge is 2.37. The molecule has 2 heteroatoms. The molecular weight excluding hydrogens is 544 g/mol. The molecule has 0 aliphatic carbocycles. The quantitative estimate of drug-likeness (QED) is 0.147. The van der Waals surface area contributed by atoms with Crippen LogP contribution >= 0.6 is 0 Å². The summed E-state index contributed by atoms with van der Waals surface area (Å²) in [5.41, 5.74) is 9.55. The predicted molar refractivity (Wildman–Crippen MR) is 187 cm³/mol. The molecule has 0 spiro atoms. The topological polar surface area (TPSA) is 15.4 Å². The van der Waals surface area contributed by atoms with Gasteiger partial charge in [-0.15, -0.1) is 0 Å². The Balaban J connectivity index is 1.21. The van der Waals surface area contributed by atoms with Gasteiger partial charge in [-0.05, 0) is 84.9 Å². The van der Waals surface area contributed by atoms with E-state index in [9.17, 15) is 0 Å². The molecule has 0 saturated heterocycles. The average molecular weight is 574 g/mol. The molecule has 1 heterocycles. The average Bonchev–Trinajstić information content (AvgIpc) is 3.50. The standard InChI is InChI=1S/C43H29N2/c1-2-13-31(14-3-1)43-39-20-10-11-21-40(39)44-45(43)34-26-24-30(25-27-34)41-35-16-6-8-18-37(35)42(38-19-9-7-17-36(38)41)33-23-22-29-12-4-5-15-32(29)28-33/h1-28,43H/q+1. The Morgan fingerprint density at radius 2 is 0.956 bits per heavy atom. The Labute approximate surface area is 262 Å². The molecule has 1 atom stereocenters. The molecule has 0 saturated carbocycles. The van der Waals surface area contributed by atoms with Crippen molar-refractivity contribution in [2.45, 2.75) is 6.04 Å². The van der Waals surface area contributed by atoms with Crippen molar-refractivity contribution in [1.82, 2.24) is 0 Å². The summed E-state index contributed by atoms with van der Waals surface area (Å²) in [6.45, 7) is 0. The summed E-state index contributed by atoms with van der Waals surface area (Å²) >= 11 is 0. The zero-order valence-electron chi connectivity index (χ0n) is 24.6. The van der Waals surface area contributed by atoms with E-state index in [2.05, 4.69) is 175 Å². The molecule has 8 aromatic rings. The fourth-order valence-corrected chi connectivity index (χ4v) is 7.15. The maximum absolute atomic E-state index is 5.08. The minimum absolute atomic E-state index is 0.0381. The van der Waals surface area contributed by atoms with Crippen molar-refractivity contribution in [2.24, 2.45) is 5.11 Å². The zero-order valence-corrected chi connectivity index (χ0v) is 24.6. The van der Waals surface area contributed by atoms with E-state index in [0.717, 1.165) is 11.4 Å². The summed E-state index contributed by atoms with van der Waals surface area (Å²) in [5, 5.41) is 12.6.